The lowest BCUT2D eigenvalue weighted by molar-refractivity contribution is 0.190. The molecule has 0 aromatic rings. The molecule has 0 unspecified atom stereocenters. The van der Waals surface area contributed by atoms with Gasteiger partial charge >= 0.3 is 6.03 Å². The molecule has 4 nitrogen and oxygen atoms in total. The summed E-state index contributed by atoms with van der Waals surface area (Å²) in [5.41, 5.74) is 0. The molecule has 14 heavy (non-hydrogen) atoms. The monoisotopic (exact) mass is 218 g/mol. The molecule has 1 rings (SSSR count). The van der Waals surface area contributed by atoms with Crippen molar-refractivity contribution in [2.45, 2.75) is 12.8 Å². The Morgan fingerprint density at radius 3 is 3.07 bits per heavy atom. The molecule has 2 amide bonds. The summed E-state index contributed by atoms with van der Waals surface area (Å²) in [4.78, 5) is 13.1. The number of carbonyl (C=O) groups is 1. The predicted molar refractivity (Wildman–Crippen MR) is 58.6 cm³/mol. The fraction of sp³-hybridized carbons (Fsp3) is 0.889. The number of nitrogens with zero attached hydrogens (tertiary/aromatic N) is 1. The van der Waals surface area contributed by atoms with Gasteiger partial charge in [-0.05, 0) is 18.6 Å². The summed E-state index contributed by atoms with van der Waals surface area (Å²) >= 11 is 1.79. The second kappa shape index (κ2) is 6.95. The topological polar surface area (TPSA) is 52.6 Å². The SMILES string of the molecule is O=C1NCCCN1CCSCCCO. The van der Waals surface area contributed by atoms with Crippen molar-refractivity contribution in [3.8, 4) is 0 Å². The number of carbonyl (C=O) groups excluding carboxylic acids is 1. The predicted octanol–water partition coefficient (Wildman–Crippen LogP) is 0.517. The fourth-order valence-electron chi connectivity index (χ4n) is 1.34. The molecule has 0 aromatic carbocycles. The van der Waals surface area contributed by atoms with E-state index in [0.717, 1.165) is 44.0 Å². The molecule has 0 bridgehead atoms. The highest BCUT2D eigenvalue weighted by molar-refractivity contribution is 7.99. The van der Waals surface area contributed by atoms with E-state index in [1.165, 1.54) is 0 Å². The van der Waals surface area contributed by atoms with Gasteiger partial charge < -0.3 is 15.3 Å². The molecule has 0 saturated carbocycles. The number of thioether (sulfide) groups is 1. The Balaban J connectivity index is 2.02. The van der Waals surface area contributed by atoms with Crippen LogP contribution in [0.5, 0.6) is 0 Å². The van der Waals surface area contributed by atoms with Gasteiger partial charge in [-0.2, -0.15) is 11.8 Å². The van der Waals surface area contributed by atoms with Crippen LogP contribution in [-0.2, 0) is 0 Å². The van der Waals surface area contributed by atoms with Crippen LogP contribution in [0.4, 0.5) is 4.79 Å². The molecule has 1 saturated heterocycles. The van der Waals surface area contributed by atoms with Crippen LogP contribution in [0.3, 0.4) is 0 Å². The van der Waals surface area contributed by atoms with Crippen molar-refractivity contribution in [1.29, 1.82) is 0 Å². The van der Waals surface area contributed by atoms with E-state index >= 15 is 0 Å². The highest BCUT2D eigenvalue weighted by Gasteiger charge is 2.15. The number of hydrogen-bond donors (Lipinski definition) is 2. The molecular formula is C9H18N2O2S. The molecule has 1 fully saturated rings. The molecule has 1 heterocycles. The van der Waals surface area contributed by atoms with Crippen molar-refractivity contribution in [2.75, 3.05) is 37.7 Å². The molecule has 1 aliphatic heterocycles. The highest BCUT2D eigenvalue weighted by Crippen LogP contribution is 2.05. The van der Waals surface area contributed by atoms with Crippen molar-refractivity contribution < 1.29 is 9.90 Å². The summed E-state index contributed by atoms with van der Waals surface area (Å²) in [6, 6.07) is 0.0685. The summed E-state index contributed by atoms with van der Waals surface area (Å²) in [6.07, 6.45) is 1.89. The van der Waals surface area contributed by atoms with Crippen LogP contribution < -0.4 is 5.32 Å². The summed E-state index contributed by atoms with van der Waals surface area (Å²) in [7, 11) is 0. The van der Waals surface area contributed by atoms with Crippen molar-refractivity contribution >= 4 is 17.8 Å². The number of urea groups is 1. The standard InChI is InChI=1S/C9H18N2O2S/c12-6-2-7-14-8-5-11-4-1-3-10-9(11)13/h12H,1-8H2,(H,10,13). The third-order valence-electron chi connectivity index (χ3n) is 2.12. The minimum absolute atomic E-state index is 0.0685. The van der Waals surface area contributed by atoms with Gasteiger partial charge in [0.25, 0.3) is 0 Å². The first kappa shape index (κ1) is 11.7. The Labute approximate surface area is 89.0 Å². The minimum atomic E-state index is 0.0685. The van der Waals surface area contributed by atoms with Crippen LogP contribution in [0.25, 0.3) is 0 Å². The lowest BCUT2D eigenvalue weighted by atomic mass is 10.3. The Hall–Kier alpha value is -0.420. The van der Waals surface area contributed by atoms with Crippen molar-refractivity contribution in [1.82, 2.24) is 10.2 Å². The minimum Gasteiger partial charge on any atom is -0.396 e. The van der Waals surface area contributed by atoms with E-state index in [4.69, 9.17) is 5.11 Å². The van der Waals surface area contributed by atoms with E-state index in [9.17, 15) is 4.79 Å². The normalized spacial score (nSPS) is 16.9. The lowest BCUT2D eigenvalue weighted by Crippen LogP contribution is -2.47. The molecular weight excluding hydrogens is 200 g/mol. The Bertz CT molecular complexity index is 178. The second-order valence-corrected chi connectivity index (χ2v) is 4.49. The molecule has 1 aliphatic rings. The lowest BCUT2D eigenvalue weighted by Gasteiger charge is -2.27. The van der Waals surface area contributed by atoms with E-state index < -0.39 is 0 Å². The second-order valence-electron chi connectivity index (χ2n) is 3.26. The first-order valence-corrected chi connectivity index (χ1v) is 6.21. The van der Waals surface area contributed by atoms with E-state index in [0.29, 0.717) is 0 Å². The zero-order valence-electron chi connectivity index (χ0n) is 8.37. The zero-order valence-corrected chi connectivity index (χ0v) is 9.18. The number of nitrogens with one attached hydrogen (secondary N) is 1. The molecule has 0 spiro atoms. The van der Waals surface area contributed by atoms with Gasteiger partial charge in [-0.25, -0.2) is 4.79 Å². The summed E-state index contributed by atoms with van der Waals surface area (Å²) in [5.74, 6) is 1.94. The van der Waals surface area contributed by atoms with E-state index in [1.54, 1.807) is 11.8 Å². The molecule has 0 radical (unpaired) electrons. The Kier molecular flexibility index (Phi) is 5.78. The van der Waals surface area contributed by atoms with Gasteiger partial charge in [-0.1, -0.05) is 0 Å². The number of rotatable bonds is 6. The van der Waals surface area contributed by atoms with Gasteiger partial charge in [-0.15, -0.1) is 0 Å². The molecule has 82 valence electrons. The summed E-state index contributed by atoms with van der Waals surface area (Å²) in [5, 5.41) is 11.4. The molecule has 2 N–H and O–H groups in total. The van der Waals surface area contributed by atoms with Crippen LogP contribution in [-0.4, -0.2) is 53.8 Å². The highest BCUT2D eigenvalue weighted by atomic mass is 32.2. The van der Waals surface area contributed by atoms with Crippen LogP contribution in [0.15, 0.2) is 0 Å². The van der Waals surface area contributed by atoms with Gasteiger partial charge in [0.15, 0.2) is 0 Å². The van der Waals surface area contributed by atoms with Crippen molar-refractivity contribution in [3.05, 3.63) is 0 Å². The van der Waals surface area contributed by atoms with Gasteiger partial charge in [0.05, 0.1) is 0 Å². The maximum atomic E-state index is 11.3. The van der Waals surface area contributed by atoms with E-state index in [2.05, 4.69) is 5.32 Å². The van der Waals surface area contributed by atoms with Crippen LogP contribution in [0.1, 0.15) is 12.8 Å². The molecule has 0 atom stereocenters. The van der Waals surface area contributed by atoms with Crippen LogP contribution >= 0.6 is 11.8 Å². The molecule has 5 heteroatoms. The average Bonchev–Trinajstić information content (AvgIpc) is 2.20. The Morgan fingerprint density at radius 1 is 1.50 bits per heavy atom. The quantitative estimate of drug-likeness (QED) is 0.639. The molecule has 0 aromatic heterocycles. The van der Waals surface area contributed by atoms with E-state index in [1.807, 2.05) is 4.90 Å². The molecule has 0 aliphatic carbocycles. The van der Waals surface area contributed by atoms with Gasteiger partial charge in [-0.3, -0.25) is 0 Å². The summed E-state index contributed by atoms with van der Waals surface area (Å²) < 4.78 is 0. The van der Waals surface area contributed by atoms with Gasteiger partial charge in [0.1, 0.15) is 0 Å². The first-order chi connectivity index (χ1) is 6.84. The number of aliphatic hydroxyl groups excluding tert-OH is 1. The van der Waals surface area contributed by atoms with Crippen molar-refractivity contribution in [3.63, 3.8) is 0 Å². The third-order valence-corrected chi connectivity index (χ3v) is 3.17. The van der Waals surface area contributed by atoms with Gasteiger partial charge in [0, 0.05) is 32.0 Å². The van der Waals surface area contributed by atoms with E-state index in [-0.39, 0.29) is 12.6 Å². The van der Waals surface area contributed by atoms with Crippen LogP contribution in [0.2, 0.25) is 0 Å². The fourth-order valence-corrected chi connectivity index (χ4v) is 2.22. The Morgan fingerprint density at radius 2 is 2.36 bits per heavy atom. The van der Waals surface area contributed by atoms with Gasteiger partial charge in [0.2, 0.25) is 0 Å². The van der Waals surface area contributed by atoms with Crippen molar-refractivity contribution in [2.24, 2.45) is 0 Å². The number of aliphatic hydroxyl groups is 1. The third kappa shape index (κ3) is 4.19. The number of hydrogen-bond acceptors (Lipinski definition) is 3. The average molecular weight is 218 g/mol. The zero-order chi connectivity index (χ0) is 10.2. The smallest absolute Gasteiger partial charge is 0.317 e. The van der Waals surface area contributed by atoms with Crippen LogP contribution in [0, 0.1) is 0 Å². The number of amides is 2. The largest absolute Gasteiger partial charge is 0.396 e. The first-order valence-electron chi connectivity index (χ1n) is 5.06. The maximum Gasteiger partial charge on any atom is 0.317 e. The summed E-state index contributed by atoms with van der Waals surface area (Å²) in [6.45, 7) is 2.78. The maximum absolute atomic E-state index is 11.3.